The molecule has 1 heterocycles. The molecule has 0 bridgehead atoms. The van der Waals surface area contributed by atoms with Crippen molar-refractivity contribution < 1.29 is 27.4 Å². The summed E-state index contributed by atoms with van der Waals surface area (Å²) in [6.45, 7) is 1.88. The minimum absolute atomic E-state index is 0.123. The van der Waals surface area contributed by atoms with Gasteiger partial charge in [0.1, 0.15) is 10.6 Å². The first-order chi connectivity index (χ1) is 12.9. The number of benzene rings is 1. The van der Waals surface area contributed by atoms with Crippen LogP contribution in [-0.4, -0.2) is 52.5 Å². The fraction of sp³-hybridized carbons (Fsp3) is 0.389. The van der Waals surface area contributed by atoms with E-state index >= 15 is 0 Å². The molecular formula is C18H22ClNO6S. The van der Waals surface area contributed by atoms with E-state index in [1.54, 1.807) is 7.11 Å². The van der Waals surface area contributed by atoms with Gasteiger partial charge in [-0.2, -0.15) is 0 Å². The monoisotopic (exact) mass is 415 g/mol. The number of carbonyl (C=O) groups excluding carboxylic acids is 1. The molecule has 0 aliphatic heterocycles. The maximum absolute atomic E-state index is 12.4. The van der Waals surface area contributed by atoms with E-state index in [0.717, 1.165) is 5.56 Å². The lowest BCUT2D eigenvalue weighted by molar-refractivity contribution is 0.0377. The molecule has 0 spiro atoms. The van der Waals surface area contributed by atoms with E-state index in [0.29, 0.717) is 32.8 Å². The first kappa shape index (κ1) is 21.4. The van der Waals surface area contributed by atoms with Crippen molar-refractivity contribution in [2.24, 2.45) is 0 Å². The van der Waals surface area contributed by atoms with Crippen LogP contribution in [0.2, 0.25) is 0 Å². The quantitative estimate of drug-likeness (QED) is 0.319. The number of ether oxygens (including phenoxy) is 3. The van der Waals surface area contributed by atoms with Gasteiger partial charge in [-0.25, -0.2) is 13.2 Å². The van der Waals surface area contributed by atoms with E-state index in [1.807, 2.05) is 30.3 Å². The predicted octanol–water partition coefficient (Wildman–Crippen LogP) is 2.67. The summed E-state index contributed by atoms with van der Waals surface area (Å²) in [6.07, 6.45) is 1.86. The summed E-state index contributed by atoms with van der Waals surface area (Å²) in [5.74, 6) is -0.616. The average Bonchev–Trinajstić information content (AvgIpc) is 3.06. The zero-order valence-corrected chi connectivity index (χ0v) is 16.5. The highest BCUT2D eigenvalue weighted by Crippen LogP contribution is 2.20. The molecule has 2 rings (SSSR count). The van der Waals surface area contributed by atoms with Gasteiger partial charge >= 0.3 is 5.97 Å². The number of rotatable bonds is 11. The fourth-order valence-electron chi connectivity index (χ4n) is 2.34. The van der Waals surface area contributed by atoms with E-state index in [9.17, 15) is 13.2 Å². The molecule has 148 valence electrons. The van der Waals surface area contributed by atoms with Crippen LogP contribution in [0.1, 0.15) is 22.5 Å². The van der Waals surface area contributed by atoms with Crippen LogP contribution in [0.4, 0.5) is 0 Å². The van der Waals surface area contributed by atoms with Crippen LogP contribution in [0.15, 0.2) is 47.5 Å². The molecular weight excluding hydrogens is 394 g/mol. The number of carbonyl (C=O) groups is 1. The van der Waals surface area contributed by atoms with Crippen LogP contribution in [0.5, 0.6) is 0 Å². The van der Waals surface area contributed by atoms with Gasteiger partial charge in [0.2, 0.25) is 0 Å². The van der Waals surface area contributed by atoms with Crippen molar-refractivity contribution in [3.63, 3.8) is 0 Å². The van der Waals surface area contributed by atoms with Gasteiger partial charge in [0, 0.05) is 43.6 Å². The molecule has 0 saturated carbocycles. The van der Waals surface area contributed by atoms with E-state index < -0.39 is 15.0 Å². The second-order valence-corrected chi connectivity index (χ2v) is 8.27. The van der Waals surface area contributed by atoms with Crippen molar-refractivity contribution in [1.82, 2.24) is 4.57 Å². The van der Waals surface area contributed by atoms with Crippen LogP contribution in [0.25, 0.3) is 0 Å². The van der Waals surface area contributed by atoms with Crippen molar-refractivity contribution >= 4 is 25.7 Å². The molecule has 27 heavy (non-hydrogen) atoms. The molecule has 0 radical (unpaired) electrons. The van der Waals surface area contributed by atoms with Crippen molar-refractivity contribution in [2.45, 2.75) is 17.9 Å². The standard InChI is InChI=1S/C18H22ClNO6S/c1-24-10-11-25-8-5-9-26-18(21)17-12-16(27(19,22)23)14-20(17)13-15-6-3-2-4-7-15/h2-4,6-7,12,14H,5,8-11,13H2,1H3. The summed E-state index contributed by atoms with van der Waals surface area (Å²) in [5.41, 5.74) is 1.03. The lowest BCUT2D eigenvalue weighted by Crippen LogP contribution is -2.14. The maximum Gasteiger partial charge on any atom is 0.355 e. The molecule has 2 aromatic rings. The van der Waals surface area contributed by atoms with Crippen molar-refractivity contribution in [3.05, 3.63) is 53.9 Å². The van der Waals surface area contributed by atoms with Crippen molar-refractivity contribution in [3.8, 4) is 0 Å². The van der Waals surface area contributed by atoms with Crippen molar-refractivity contribution in [1.29, 1.82) is 0 Å². The second kappa shape index (κ2) is 10.5. The van der Waals surface area contributed by atoms with E-state index in [1.165, 1.54) is 16.8 Å². The molecule has 0 aliphatic carbocycles. The number of aromatic nitrogens is 1. The third kappa shape index (κ3) is 6.99. The number of hydrogen-bond acceptors (Lipinski definition) is 6. The van der Waals surface area contributed by atoms with Crippen LogP contribution in [-0.2, 0) is 29.8 Å². The van der Waals surface area contributed by atoms with E-state index in [4.69, 9.17) is 24.9 Å². The molecule has 7 nitrogen and oxygen atoms in total. The first-order valence-corrected chi connectivity index (χ1v) is 10.7. The number of hydrogen-bond donors (Lipinski definition) is 0. The smallest absolute Gasteiger partial charge is 0.355 e. The van der Waals surface area contributed by atoms with Crippen molar-refractivity contribution in [2.75, 3.05) is 33.5 Å². The van der Waals surface area contributed by atoms with Crippen LogP contribution < -0.4 is 0 Å². The third-order valence-electron chi connectivity index (χ3n) is 3.66. The van der Waals surface area contributed by atoms with Gasteiger partial charge in [-0.15, -0.1) is 0 Å². The van der Waals surface area contributed by atoms with Gasteiger partial charge < -0.3 is 18.8 Å². The van der Waals surface area contributed by atoms with Gasteiger partial charge in [0.15, 0.2) is 0 Å². The Bertz CT molecular complexity index is 835. The second-order valence-electron chi connectivity index (χ2n) is 5.71. The Morgan fingerprint density at radius 2 is 1.85 bits per heavy atom. The summed E-state index contributed by atoms with van der Waals surface area (Å²) in [5, 5.41) is 0. The Hall–Kier alpha value is -1.87. The minimum atomic E-state index is -3.96. The Labute approximate surface area is 163 Å². The third-order valence-corrected chi connectivity index (χ3v) is 4.98. The number of methoxy groups -OCH3 is 1. The van der Waals surface area contributed by atoms with E-state index in [2.05, 4.69) is 0 Å². The Kier molecular flexibility index (Phi) is 8.30. The first-order valence-electron chi connectivity index (χ1n) is 8.34. The average molecular weight is 416 g/mol. The number of esters is 1. The van der Waals surface area contributed by atoms with Gasteiger partial charge in [0.25, 0.3) is 9.05 Å². The number of nitrogens with zero attached hydrogens (tertiary/aromatic N) is 1. The van der Waals surface area contributed by atoms with Crippen LogP contribution in [0.3, 0.4) is 0 Å². The van der Waals surface area contributed by atoms with Gasteiger partial charge in [-0.05, 0) is 11.6 Å². The number of halogens is 1. The highest BCUT2D eigenvalue weighted by molar-refractivity contribution is 8.13. The molecule has 0 fully saturated rings. The Balaban J connectivity index is 2.02. The largest absolute Gasteiger partial charge is 0.461 e. The maximum atomic E-state index is 12.4. The molecule has 0 N–H and O–H groups in total. The fourth-order valence-corrected chi connectivity index (χ4v) is 3.10. The molecule has 0 amide bonds. The van der Waals surface area contributed by atoms with Crippen LogP contribution in [0, 0.1) is 0 Å². The Morgan fingerprint density at radius 1 is 1.11 bits per heavy atom. The molecule has 9 heteroatoms. The topological polar surface area (TPSA) is 83.8 Å². The lowest BCUT2D eigenvalue weighted by Gasteiger charge is -2.09. The van der Waals surface area contributed by atoms with E-state index in [-0.39, 0.29) is 17.2 Å². The summed E-state index contributed by atoms with van der Waals surface area (Å²) >= 11 is 0. The normalized spacial score (nSPS) is 11.5. The SMILES string of the molecule is COCCOCCCOC(=O)c1cc(S(=O)(=O)Cl)cn1Cc1ccccc1. The molecule has 0 saturated heterocycles. The molecule has 0 atom stereocenters. The summed E-state index contributed by atoms with van der Waals surface area (Å²) < 4.78 is 40.2. The zero-order valence-electron chi connectivity index (χ0n) is 15.0. The summed E-state index contributed by atoms with van der Waals surface area (Å²) in [4.78, 5) is 12.2. The zero-order chi connectivity index (χ0) is 19.7. The van der Waals surface area contributed by atoms with Crippen LogP contribution >= 0.6 is 10.7 Å². The molecule has 1 aromatic heterocycles. The van der Waals surface area contributed by atoms with Gasteiger partial charge in [0.05, 0.1) is 19.8 Å². The van der Waals surface area contributed by atoms with Gasteiger partial charge in [-0.3, -0.25) is 0 Å². The highest BCUT2D eigenvalue weighted by Gasteiger charge is 2.21. The molecule has 1 aromatic carbocycles. The van der Waals surface area contributed by atoms with Gasteiger partial charge in [-0.1, -0.05) is 30.3 Å². The highest BCUT2D eigenvalue weighted by atomic mass is 35.7. The molecule has 0 aliphatic rings. The summed E-state index contributed by atoms with van der Waals surface area (Å²) in [7, 11) is 3.05. The summed E-state index contributed by atoms with van der Waals surface area (Å²) in [6, 6.07) is 10.6. The minimum Gasteiger partial charge on any atom is -0.461 e. The predicted molar refractivity (Wildman–Crippen MR) is 101 cm³/mol. The lowest BCUT2D eigenvalue weighted by atomic mass is 10.2. The molecule has 0 unspecified atom stereocenters. The Morgan fingerprint density at radius 3 is 2.52 bits per heavy atom.